The molecule has 0 unspecified atom stereocenters. The summed E-state index contributed by atoms with van der Waals surface area (Å²) in [6, 6.07) is 6.62. The van der Waals surface area contributed by atoms with Gasteiger partial charge in [0.15, 0.2) is 0 Å². The number of hydrogen-bond acceptors (Lipinski definition) is 3. The summed E-state index contributed by atoms with van der Waals surface area (Å²) in [4.78, 5) is 23.8. The first-order valence-corrected chi connectivity index (χ1v) is 11.7. The molecular formula is C30H38O3. The lowest BCUT2D eigenvalue weighted by Crippen LogP contribution is -2.23. The van der Waals surface area contributed by atoms with E-state index < -0.39 is 11.6 Å². The lowest BCUT2D eigenvalue weighted by molar-refractivity contribution is -0.112. The van der Waals surface area contributed by atoms with Gasteiger partial charge in [-0.3, -0.25) is 9.59 Å². The highest BCUT2D eigenvalue weighted by atomic mass is 16.3. The van der Waals surface area contributed by atoms with Gasteiger partial charge in [-0.15, -0.1) is 0 Å². The Labute approximate surface area is 199 Å². The summed E-state index contributed by atoms with van der Waals surface area (Å²) < 4.78 is 0. The molecule has 0 heterocycles. The molecule has 2 aliphatic carbocycles. The molecular weight excluding hydrogens is 408 g/mol. The number of carbonyl (C=O) groups excluding carboxylic acids is 2. The van der Waals surface area contributed by atoms with Crippen LogP contribution < -0.4 is 0 Å². The third kappa shape index (κ3) is 7.85. The summed E-state index contributed by atoms with van der Waals surface area (Å²) in [7, 11) is 0. The molecule has 0 amide bonds. The van der Waals surface area contributed by atoms with Gasteiger partial charge in [0, 0.05) is 16.7 Å². The van der Waals surface area contributed by atoms with E-state index in [0.29, 0.717) is 11.0 Å². The van der Waals surface area contributed by atoms with Crippen molar-refractivity contribution < 1.29 is 14.7 Å². The third-order valence-electron chi connectivity index (χ3n) is 5.92. The Morgan fingerprint density at radius 3 is 2.33 bits per heavy atom. The highest BCUT2D eigenvalue weighted by Gasteiger charge is 2.31. The molecule has 1 N–H and O–H groups in total. The summed E-state index contributed by atoms with van der Waals surface area (Å²) in [6.45, 7) is 12.9. The van der Waals surface area contributed by atoms with Gasteiger partial charge in [-0.25, -0.2) is 0 Å². The van der Waals surface area contributed by atoms with Crippen LogP contribution in [-0.2, 0) is 4.79 Å². The molecule has 3 nitrogen and oxygen atoms in total. The number of Topliss-reactive ketones (excluding diaryl/α,β-unsaturated/α-hetero) is 2. The average Bonchev–Trinajstić information content (AvgIpc) is 2.78. The van der Waals surface area contributed by atoms with Crippen molar-refractivity contribution in [2.75, 3.05) is 0 Å². The van der Waals surface area contributed by atoms with E-state index in [2.05, 4.69) is 52.0 Å². The van der Waals surface area contributed by atoms with Crippen LogP contribution in [0.2, 0.25) is 0 Å². The second-order valence-corrected chi connectivity index (χ2v) is 9.96. The van der Waals surface area contributed by atoms with Crippen LogP contribution in [-0.4, -0.2) is 16.7 Å². The first-order valence-electron chi connectivity index (χ1n) is 11.7. The number of rotatable bonds is 2. The fourth-order valence-corrected chi connectivity index (χ4v) is 3.71. The van der Waals surface area contributed by atoms with Crippen molar-refractivity contribution in [3.8, 4) is 0 Å². The monoisotopic (exact) mass is 446 g/mol. The van der Waals surface area contributed by atoms with Crippen molar-refractivity contribution in [2.45, 2.75) is 73.6 Å². The van der Waals surface area contributed by atoms with E-state index in [0.717, 1.165) is 18.4 Å². The van der Waals surface area contributed by atoms with Gasteiger partial charge in [-0.1, -0.05) is 85.2 Å². The van der Waals surface area contributed by atoms with Crippen LogP contribution in [0.15, 0.2) is 76.9 Å². The normalized spacial score (nSPS) is 18.2. The van der Waals surface area contributed by atoms with Crippen molar-refractivity contribution in [3.63, 3.8) is 0 Å². The SMILES string of the molecule is CC(C)=CCC1=C(O)c2ccccc2C(=O)C1=O.CC1=CCCC(C)=CCC(C)(C)C=CC1. The first kappa shape index (κ1) is 26.3. The average molecular weight is 447 g/mol. The molecule has 0 saturated heterocycles. The predicted molar refractivity (Wildman–Crippen MR) is 138 cm³/mol. The Hall–Kier alpha value is -2.94. The molecule has 176 valence electrons. The molecule has 3 heteroatoms. The highest BCUT2D eigenvalue weighted by molar-refractivity contribution is 6.52. The fourth-order valence-electron chi connectivity index (χ4n) is 3.71. The zero-order chi connectivity index (χ0) is 24.6. The van der Waals surface area contributed by atoms with Gasteiger partial charge in [0.1, 0.15) is 5.76 Å². The van der Waals surface area contributed by atoms with Crippen molar-refractivity contribution >= 4 is 17.3 Å². The first-order chi connectivity index (χ1) is 15.5. The quantitative estimate of drug-likeness (QED) is 0.369. The van der Waals surface area contributed by atoms with Crippen molar-refractivity contribution in [2.24, 2.45) is 5.41 Å². The lowest BCUT2D eigenvalue weighted by Gasteiger charge is -2.18. The number of ketones is 2. The largest absolute Gasteiger partial charge is 0.507 e. The Morgan fingerprint density at radius 2 is 1.67 bits per heavy atom. The van der Waals surface area contributed by atoms with E-state index >= 15 is 0 Å². The lowest BCUT2D eigenvalue weighted by atomic mass is 9.87. The zero-order valence-corrected chi connectivity index (χ0v) is 21.0. The van der Waals surface area contributed by atoms with E-state index in [9.17, 15) is 14.7 Å². The van der Waals surface area contributed by atoms with Crippen LogP contribution in [0.5, 0.6) is 0 Å². The highest BCUT2D eigenvalue weighted by Crippen LogP contribution is 2.29. The van der Waals surface area contributed by atoms with Gasteiger partial charge in [-0.05, 0) is 65.2 Å². The molecule has 0 saturated carbocycles. The molecule has 0 atom stereocenters. The van der Waals surface area contributed by atoms with E-state index in [4.69, 9.17) is 0 Å². The maximum absolute atomic E-state index is 11.9. The smallest absolute Gasteiger partial charge is 0.234 e. The van der Waals surface area contributed by atoms with Gasteiger partial charge >= 0.3 is 0 Å². The predicted octanol–water partition coefficient (Wildman–Crippen LogP) is 8.11. The number of aliphatic hydroxyl groups is 1. The standard InChI is InChI=1S/C15H14O3.C15H24/c1-9(2)7-8-12-13(16)10-5-3-4-6-11(10)14(17)15(12)18;1-13-7-5-8-14(2)10-12-15(3,4)11-6-9-13/h3-7,16H,8H2,1-2H3;6-7,10-11H,5,8-9,12H2,1-4H3. The van der Waals surface area contributed by atoms with Gasteiger partial charge in [0.2, 0.25) is 11.6 Å². The molecule has 0 aromatic heterocycles. The zero-order valence-electron chi connectivity index (χ0n) is 21.0. The van der Waals surface area contributed by atoms with Crippen LogP contribution in [0.1, 0.15) is 89.6 Å². The third-order valence-corrected chi connectivity index (χ3v) is 5.92. The van der Waals surface area contributed by atoms with Gasteiger partial charge in [0.25, 0.3) is 0 Å². The Kier molecular flexibility index (Phi) is 9.40. The van der Waals surface area contributed by atoms with Crippen LogP contribution >= 0.6 is 0 Å². The molecule has 0 bridgehead atoms. The number of allylic oxidation sites excluding steroid dienone is 9. The summed E-state index contributed by atoms with van der Waals surface area (Å²) >= 11 is 0. The maximum atomic E-state index is 11.9. The Bertz CT molecular complexity index is 1040. The van der Waals surface area contributed by atoms with Gasteiger partial charge in [-0.2, -0.15) is 0 Å². The summed E-state index contributed by atoms with van der Waals surface area (Å²) in [5.74, 6) is -1.23. The topological polar surface area (TPSA) is 54.4 Å². The van der Waals surface area contributed by atoms with Crippen molar-refractivity contribution in [1.82, 2.24) is 0 Å². The number of aliphatic hydroxyl groups excluding tert-OH is 1. The molecule has 1 aromatic rings. The van der Waals surface area contributed by atoms with Crippen molar-refractivity contribution in [3.05, 3.63) is 88.1 Å². The van der Waals surface area contributed by atoms with E-state index in [1.54, 1.807) is 24.3 Å². The van der Waals surface area contributed by atoms with E-state index in [1.165, 1.54) is 24.0 Å². The minimum atomic E-state index is -0.608. The Morgan fingerprint density at radius 1 is 1.00 bits per heavy atom. The van der Waals surface area contributed by atoms with Crippen LogP contribution in [0.4, 0.5) is 0 Å². The summed E-state index contributed by atoms with van der Waals surface area (Å²) in [5.41, 5.74) is 5.28. The van der Waals surface area contributed by atoms with Crippen LogP contribution in [0.3, 0.4) is 0 Å². The molecule has 1 aromatic carbocycles. The number of benzene rings is 1. The van der Waals surface area contributed by atoms with Gasteiger partial charge in [0.05, 0.1) is 0 Å². The van der Waals surface area contributed by atoms with Crippen molar-refractivity contribution in [1.29, 1.82) is 0 Å². The molecule has 0 aliphatic heterocycles. The van der Waals surface area contributed by atoms with Gasteiger partial charge < -0.3 is 5.11 Å². The molecule has 3 rings (SSSR count). The summed E-state index contributed by atoms with van der Waals surface area (Å²) in [6.07, 6.45) is 16.3. The van der Waals surface area contributed by atoms with E-state index in [1.807, 2.05) is 19.9 Å². The maximum Gasteiger partial charge on any atom is 0.234 e. The van der Waals surface area contributed by atoms with Crippen LogP contribution in [0, 0.1) is 5.41 Å². The molecule has 0 radical (unpaired) electrons. The molecule has 0 fully saturated rings. The number of carbonyl (C=O) groups is 2. The number of fused-ring (bicyclic) bond motifs is 1. The second-order valence-electron chi connectivity index (χ2n) is 9.96. The minimum Gasteiger partial charge on any atom is -0.507 e. The minimum absolute atomic E-state index is 0.0762. The summed E-state index contributed by atoms with van der Waals surface area (Å²) in [5, 5.41) is 10.1. The van der Waals surface area contributed by atoms with E-state index in [-0.39, 0.29) is 23.3 Å². The molecule has 33 heavy (non-hydrogen) atoms. The van der Waals surface area contributed by atoms with Crippen LogP contribution in [0.25, 0.3) is 5.76 Å². The molecule has 2 aliphatic rings. The number of hydrogen-bond donors (Lipinski definition) is 1. The molecule has 0 spiro atoms. The fraction of sp³-hybridized carbons (Fsp3) is 0.400. The second kappa shape index (κ2) is 11.8. The Balaban J connectivity index is 0.000000238.